The van der Waals surface area contributed by atoms with Crippen LogP contribution in [-0.2, 0) is 4.74 Å². The second-order valence-corrected chi connectivity index (χ2v) is 8.10. The Hall–Kier alpha value is -2.29. The summed E-state index contributed by atoms with van der Waals surface area (Å²) in [5, 5.41) is 4.19. The molecular weight excluding hydrogens is 356 g/mol. The van der Waals surface area contributed by atoms with Crippen molar-refractivity contribution >= 4 is 22.2 Å². The zero-order valence-electron chi connectivity index (χ0n) is 15.6. The summed E-state index contributed by atoms with van der Waals surface area (Å²) in [4.78, 5) is 15.8. The van der Waals surface area contributed by atoms with Crippen molar-refractivity contribution in [1.29, 1.82) is 0 Å². The van der Waals surface area contributed by atoms with Crippen molar-refractivity contribution in [2.24, 2.45) is 5.92 Å². The number of nitrogens with one attached hydrogen (secondary N) is 1. The number of carbonyl (C=O) groups is 1. The maximum atomic E-state index is 12.7. The van der Waals surface area contributed by atoms with Gasteiger partial charge in [-0.3, -0.25) is 4.79 Å². The Morgan fingerprint density at radius 2 is 1.96 bits per heavy atom. The first kappa shape index (κ1) is 18.1. The summed E-state index contributed by atoms with van der Waals surface area (Å²) in [6.07, 6.45) is 2.47. The van der Waals surface area contributed by atoms with E-state index in [2.05, 4.69) is 22.1 Å². The molecule has 0 radical (unpaired) electrons. The van der Waals surface area contributed by atoms with E-state index in [1.807, 2.05) is 37.3 Å². The van der Waals surface area contributed by atoms with Crippen LogP contribution in [0.4, 0.5) is 5.00 Å². The summed E-state index contributed by atoms with van der Waals surface area (Å²) in [5.41, 5.74) is 2.94. The summed E-state index contributed by atoms with van der Waals surface area (Å²) in [6, 6.07) is 9.98. The highest BCUT2D eigenvalue weighted by Gasteiger charge is 2.26. The Morgan fingerprint density at radius 3 is 2.67 bits per heavy atom. The first-order valence-electron chi connectivity index (χ1n) is 9.53. The lowest BCUT2D eigenvalue weighted by Crippen LogP contribution is -2.36. The molecule has 4 nitrogen and oxygen atoms in total. The predicted octanol–water partition coefficient (Wildman–Crippen LogP) is 3.43. The van der Waals surface area contributed by atoms with Gasteiger partial charge in [-0.15, -0.1) is 11.3 Å². The zero-order chi connectivity index (χ0) is 18.6. The molecule has 1 saturated heterocycles. The molecule has 0 spiro atoms. The van der Waals surface area contributed by atoms with Crippen LogP contribution in [-0.4, -0.2) is 38.8 Å². The minimum atomic E-state index is 0.0340. The second kappa shape index (κ2) is 8.16. The van der Waals surface area contributed by atoms with Crippen molar-refractivity contribution in [2.45, 2.75) is 19.8 Å². The third-order valence-corrected chi connectivity index (χ3v) is 6.34. The van der Waals surface area contributed by atoms with E-state index in [0.29, 0.717) is 19.1 Å². The number of rotatable bonds is 4. The average Bonchev–Trinajstić information content (AvgIpc) is 3.48. The molecular formula is C22H24N2O2S. The van der Waals surface area contributed by atoms with Crippen LogP contribution in [0.3, 0.4) is 0 Å². The SMILES string of the molecule is Cc1c(C(=O)NCC2CC2)sc(N2CCOCC2)c1C#Cc1ccccc1. The Labute approximate surface area is 164 Å². The van der Waals surface area contributed by atoms with Crippen molar-refractivity contribution in [3.05, 3.63) is 51.9 Å². The lowest BCUT2D eigenvalue weighted by atomic mass is 10.1. The number of benzene rings is 1. The molecule has 0 bridgehead atoms. The Balaban J connectivity index is 1.65. The Kier molecular flexibility index (Phi) is 5.47. The molecule has 1 saturated carbocycles. The molecule has 1 aliphatic carbocycles. The molecule has 2 aromatic rings. The first-order chi connectivity index (χ1) is 13.2. The molecule has 0 unspecified atom stereocenters. The largest absolute Gasteiger partial charge is 0.378 e. The van der Waals surface area contributed by atoms with Gasteiger partial charge in [-0.1, -0.05) is 30.0 Å². The number of thiophene rings is 1. The molecule has 1 aliphatic heterocycles. The fraction of sp³-hybridized carbons (Fsp3) is 0.409. The van der Waals surface area contributed by atoms with Crippen molar-refractivity contribution < 1.29 is 9.53 Å². The number of nitrogens with zero attached hydrogens (tertiary/aromatic N) is 1. The lowest BCUT2D eigenvalue weighted by Gasteiger charge is -2.27. The summed E-state index contributed by atoms with van der Waals surface area (Å²) >= 11 is 1.56. The van der Waals surface area contributed by atoms with Crippen LogP contribution in [0.5, 0.6) is 0 Å². The van der Waals surface area contributed by atoms with Gasteiger partial charge < -0.3 is 15.0 Å². The molecule has 1 N–H and O–H groups in total. The minimum absolute atomic E-state index is 0.0340. The number of hydrogen-bond donors (Lipinski definition) is 1. The normalized spacial score (nSPS) is 16.6. The topological polar surface area (TPSA) is 41.6 Å². The van der Waals surface area contributed by atoms with Gasteiger partial charge in [-0.2, -0.15) is 0 Å². The molecule has 140 valence electrons. The monoisotopic (exact) mass is 380 g/mol. The molecule has 5 heteroatoms. The Morgan fingerprint density at radius 1 is 1.22 bits per heavy atom. The van der Waals surface area contributed by atoms with E-state index in [1.54, 1.807) is 11.3 Å². The number of carbonyl (C=O) groups excluding carboxylic acids is 1. The van der Waals surface area contributed by atoms with Gasteiger partial charge in [0.25, 0.3) is 5.91 Å². The number of amides is 1. The second-order valence-electron chi connectivity index (χ2n) is 7.11. The molecule has 1 aromatic carbocycles. The minimum Gasteiger partial charge on any atom is -0.378 e. The van der Waals surface area contributed by atoms with Crippen LogP contribution >= 0.6 is 11.3 Å². The van der Waals surface area contributed by atoms with Crippen molar-refractivity contribution in [2.75, 3.05) is 37.7 Å². The summed E-state index contributed by atoms with van der Waals surface area (Å²) < 4.78 is 5.49. The van der Waals surface area contributed by atoms with Crippen LogP contribution < -0.4 is 10.2 Å². The quantitative estimate of drug-likeness (QED) is 0.827. The van der Waals surface area contributed by atoms with Crippen molar-refractivity contribution in [3.8, 4) is 11.8 Å². The van der Waals surface area contributed by atoms with Crippen LogP contribution in [0, 0.1) is 24.7 Å². The third kappa shape index (κ3) is 4.35. The fourth-order valence-corrected chi connectivity index (χ4v) is 4.38. The number of anilines is 1. The van der Waals surface area contributed by atoms with Crippen molar-refractivity contribution in [1.82, 2.24) is 5.32 Å². The lowest BCUT2D eigenvalue weighted by molar-refractivity contribution is 0.0955. The third-order valence-electron chi connectivity index (χ3n) is 4.99. The van der Waals surface area contributed by atoms with Gasteiger partial charge in [-0.05, 0) is 43.4 Å². The molecule has 1 amide bonds. The molecule has 2 heterocycles. The van der Waals surface area contributed by atoms with E-state index in [0.717, 1.165) is 46.2 Å². The number of hydrogen-bond acceptors (Lipinski definition) is 4. The molecule has 0 atom stereocenters. The van der Waals surface area contributed by atoms with Gasteiger partial charge >= 0.3 is 0 Å². The smallest absolute Gasteiger partial charge is 0.261 e. The van der Waals surface area contributed by atoms with Crippen LogP contribution in [0.25, 0.3) is 0 Å². The highest BCUT2D eigenvalue weighted by Crippen LogP contribution is 2.36. The molecule has 1 aromatic heterocycles. The predicted molar refractivity (Wildman–Crippen MR) is 110 cm³/mol. The average molecular weight is 381 g/mol. The zero-order valence-corrected chi connectivity index (χ0v) is 16.4. The van der Waals surface area contributed by atoms with E-state index in [1.165, 1.54) is 12.8 Å². The van der Waals surface area contributed by atoms with E-state index in [9.17, 15) is 4.79 Å². The van der Waals surface area contributed by atoms with Crippen LogP contribution in [0.2, 0.25) is 0 Å². The molecule has 2 aliphatic rings. The van der Waals surface area contributed by atoms with Gasteiger partial charge in [-0.25, -0.2) is 0 Å². The number of morpholine rings is 1. The van der Waals surface area contributed by atoms with Gasteiger partial charge in [0, 0.05) is 25.2 Å². The molecule has 4 rings (SSSR count). The van der Waals surface area contributed by atoms with E-state index < -0.39 is 0 Å². The summed E-state index contributed by atoms with van der Waals surface area (Å²) in [7, 11) is 0. The van der Waals surface area contributed by atoms with Gasteiger partial charge in [0.15, 0.2) is 0 Å². The van der Waals surface area contributed by atoms with Gasteiger partial charge in [0.05, 0.1) is 23.7 Å². The maximum Gasteiger partial charge on any atom is 0.261 e. The molecule has 27 heavy (non-hydrogen) atoms. The standard InChI is InChI=1S/C22H24N2O2S/c1-16-19(10-9-17-5-3-2-4-6-17)22(24-11-13-26-14-12-24)27-20(16)21(25)23-15-18-7-8-18/h2-6,18H,7-8,11-15H2,1H3,(H,23,25). The van der Waals surface area contributed by atoms with Crippen molar-refractivity contribution in [3.63, 3.8) is 0 Å². The first-order valence-corrected chi connectivity index (χ1v) is 10.4. The van der Waals surface area contributed by atoms with Crippen LogP contribution in [0.15, 0.2) is 30.3 Å². The van der Waals surface area contributed by atoms with E-state index >= 15 is 0 Å². The fourth-order valence-electron chi connectivity index (χ4n) is 3.15. The number of ether oxygens (including phenoxy) is 1. The van der Waals surface area contributed by atoms with E-state index in [4.69, 9.17) is 4.74 Å². The van der Waals surface area contributed by atoms with Gasteiger partial charge in [0.2, 0.25) is 0 Å². The van der Waals surface area contributed by atoms with Gasteiger partial charge in [0.1, 0.15) is 5.00 Å². The maximum absolute atomic E-state index is 12.7. The molecule has 2 fully saturated rings. The van der Waals surface area contributed by atoms with Crippen LogP contribution in [0.1, 0.15) is 39.2 Å². The highest BCUT2D eigenvalue weighted by atomic mass is 32.1. The van der Waals surface area contributed by atoms with E-state index in [-0.39, 0.29) is 5.91 Å². The summed E-state index contributed by atoms with van der Waals surface area (Å²) in [6.45, 7) is 5.90. The highest BCUT2D eigenvalue weighted by molar-refractivity contribution is 7.18. The summed E-state index contributed by atoms with van der Waals surface area (Å²) in [5.74, 6) is 7.31. The Bertz CT molecular complexity index is 869.